The predicted molar refractivity (Wildman–Crippen MR) is 120 cm³/mol. The van der Waals surface area contributed by atoms with E-state index in [4.69, 9.17) is 9.47 Å². The number of hydrogen-bond acceptors (Lipinski definition) is 7. The quantitative estimate of drug-likeness (QED) is 0.544. The van der Waals surface area contributed by atoms with Gasteiger partial charge in [0.2, 0.25) is 5.95 Å². The van der Waals surface area contributed by atoms with Gasteiger partial charge in [-0.3, -0.25) is 0 Å². The zero-order valence-electron chi connectivity index (χ0n) is 19.0. The molecule has 4 rings (SSSR count). The predicted octanol–water partition coefficient (Wildman–Crippen LogP) is 4.11. The first-order valence-corrected chi connectivity index (χ1v) is 11.0. The average Bonchev–Trinajstić information content (AvgIpc) is 3.29. The number of aromatic nitrogens is 4. The van der Waals surface area contributed by atoms with Gasteiger partial charge in [-0.1, -0.05) is 6.92 Å². The zero-order chi connectivity index (χ0) is 23.4. The molecule has 2 aromatic heterocycles. The van der Waals surface area contributed by atoms with Gasteiger partial charge in [0.05, 0.1) is 31.4 Å². The maximum Gasteiger partial charge on any atom is 0.228 e. The van der Waals surface area contributed by atoms with Crippen LogP contribution in [0.1, 0.15) is 36.9 Å². The molecule has 0 aliphatic carbocycles. The largest absolute Gasteiger partial charge is 0.494 e. The first-order chi connectivity index (χ1) is 16.0. The first-order valence-electron chi connectivity index (χ1n) is 11.0. The number of methoxy groups -OCH3 is 1. The average molecular weight is 459 g/mol. The molecule has 1 aliphatic heterocycles. The van der Waals surface area contributed by atoms with E-state index in [1.807, 2.05) is 12.5 Å². The lowest BCUT2D eigenvalue weighted by molar-refractivity contribution is 0.221. The molecule has 1 fully saturated rings. The van der Waals surface area contributed by atoms with Crippen molar-refractivity contribution in [3.63, 3.8) is 0 Å². The second-order valence-corrected chi connectivity index (χ2v) is 8.09. The fraction of sp³-hybridized carbons (Fsp3) is 0.435. The van der Waals surface area contributed by atoms with Crippen molar-refractivity contribution in [1.29, 1.82) is 0 Å². The number of nitrogens with zero attached hydrogens (tertiary/aromatic N) is 5. The summed E-state index contributed by atoms with van der Waals surface area (Å²) in [6, 6.07) is 1.80. The number of rotatable bonds is 8. The Kier molecular flexibility index (Phi) is 7.02. The summed E-state index contributed by atoms with van der Waals surface area (Å²) in [5.74, 6) is -0.126. The summed E-state index contributed by atoms with van der Waals surface area (Å²) >= 11 is 0. The van der Waals surface area contributed by atoms with E-state index >= 15 is 0 Å². The zero-order valence-corrected chi connectivity index (χ0v) is 19.0. The SMILES string of the molecule is CCc1cc(OC)c(F)c(COc2cnc(Nc3cn(C4CCN(C)CC4)cn3)nc2)c1F. The summed E-state index contributed by atoms with van der Waals surface area (Å²) in [6.07, 6.45) is 9.24. The van der Waals surface area contributed by atoms with Crippen LogP contribution in [0.3, 0.4) is 0 Å². The minimum absolute atomic E-state index is 0.0117. The molecule has 0 atom stereocenters. The van der Waals surface area contributed by atoms with Crippen LogP contribution in [0.4, 0.5) is 20.5 Å². The molecule has 10 heteroatoms. The normalized spacial score (nSPS) is 14.9. The van der Waals surface area contributed by atoms with Crippen LogP contribution in [0.25, 0.3) is 0 Å². The van der Waals surface area contributed by atoms with Gasteiger partial charge in [0.15, 0.2) is 23.1 Å². The number of likely N-dealkylation sites (tertiary alicyclic amines) is 1. The molecular formula is C23H28F2N6O2. The van der Waals surface area contributed by atoms with Crippen molar-refractivity contribution in [3.8, 4) is 11.5 Å². The first kappa shape index (κ1) is 22.9. The van der Waals surface area contributed by atoms with Gasteiger partial charge in [-0.2, -0.15) is 0 Å². The van der Waals surface area contributed by atoms with Gasteiger partial charge < -0.3 is 24.3 Å². The lowest BCUT2D eigenvalue weighted by atomic mass is 10.1. The second-order valence-electron chi connectivity index (χ2n) is 8.09. The van der Waals surface area contributed by atoms with Crippen molar-refractivity contribution >= 4 is 11.8 Å². The third-order valence-corrected chi connectivity index (χ3v) is 5.90. The standard InChI is InChI=1S/C23H28F2N6O2/c1-4-15-9-19(32-3)22(25)18(21(15)24)13-33-17-10-26-23(27-11-17)29-20-12-31(14-28-20)16-5-7-30(2)8-6-16/h9-12,14,16H,4-8,13H2,1-3H3,(H,26,27,29). The van der Waals surface area contributed by atoms with Crippen LogP contribution in [0.2, 0.25) is 0 Å². The Hall–Kier alpha value is -3.27. The molecule has 1 N–H and O–H groups in total. The van der Waals surface area contributed by atoms with Crippen LogP contribution in [-0.4, -0.2) is 51.7 Å². The molecule has 176 valence electrons. The Labute approximate surface area is 191 Å². The van der Waals surface area contributed by atoms with E-state index in [-0.39, 0.29) is 23.7 Å². The highest BCUT2D eigenvalue weighted by Gasteiger charge is 2.20. The summed E-state index contributed by atoms with van der Waals surface area (Å²) in [6.45, 7) is 3.62. The van der Waals surface area contributed by atoms with Crippen LogP contribution in [0.5, 0.6) is 11.5 Å². The number of aryl methyl sites for hydroxylation is 1. The van der Waals surface area contributed by atoms with Crippen LogP contribution in [0.15, 0.2) is 31.0 Å². The summed E-state index contributed by atoms with van der Waals surface area (Å²) < 4.78 is 41.8. The molecule has 33 heavy (non-hydrogen) atoms. The highest BCUT2D eigenvalue weighted by atomic mass is 19.1. The van der Waals surface area contributed by atoms with Crippen molar-refractivity contribution in [2.45, 2.75) is 38.8 Å². The van der Waals surface area contributed by atoms with Crippen molar-refractivity contribution in [3.05, 3.63) is 53.7 Å². The molecule has 3 aromatic rings. The number of ether oxygens (including phenoxy) is 2. The molecule has 0 radical (unpaired) electrons. The number of anilines is 2. The van der Waals surface area contributed by atoms with Gasteiger partial charge in [0.1, 0.15) is 12.4 Å². The monoisotopic (exact) mass is 458 g/mol. The van der Waals surface area contributed by atoms with E-state index in [9.17, 15) is 8.78 Å². The number of benzene rings is 1. The fourth-order valence-corrected chi connectivity index (χ4v) is 3.88. The van der Waals surface area contributed by atoms with E-state index in [1.165, 1.54) is 25.6 Å². The molecule has 0 bridgehead atoms. The minimum atomic E-state index is -0.772. The van der Waals surface area contributed by atoms with Crippen molar-refractivity contribution in [1.82, 2.24) is 24.4 Å². The second kappa shape index (κ2) is 10.1. The lowest BCUT2D eigenvalue weighted by Crippen LogP contribution is -2.31. The van der Waals surface area contributed by atoms with Gasteiger partial charge in [-0.05, 0) is 51.0 Å². The highest BCUT2D eigenvalue weighted by molar-refractivity contribution is 5.46. The number of hydrogen-bond donors (Lipinski definition) is 1. The minimum Gasteiger partial charge on any atom is -0.494 e. The van der Waals surface area contributed by atoms with E-state index < -0.39 is 11.6 Å². The highest BCUT2D eigenvalue weighted by Crippen LogP contribution is 2.28. The molecule has 0 spiro atoms. The Morgan fingerprint density at radius 1 is 1.12 bits per heavy atom. The number of halogens is 2. The maximum atomic E-state index is 14.6. The van der Waals surface area contributed by atoms with E-state index in [2.05, 4.69) is 36.8 Å². The molecule has 3 heterocycles. The lowest BCUT2D eigenvalue weighted by Gasteiger charge is -2.29. The van der Waals surface area contributed by atoms with Gasteiger partial charge in [-0.25, -0.2) is 23.7 Å². The van der Waals surface area contributed by atoms with Crippen LogP contribution in [-0.2, 0) is 13.0 Å². The van der Waals surface area contributed by atoms with E-state index in [0.29, 0.717) is 29.8 Å². The van der Waals surface area contributed by atoms with Crippen LogP contribution in [0, 0.1) is 11.6 Å². The molecule has 1 saturated heterocycles. The molecule has 0 saturated carbocycles. The summed E-state index contributed by atoms with van der Waals surface area (Å²) in [5.41, 5.74) is 0.176. The van der Waals surface area contributed by atoms with Crippen LogP contribution < -0.4 is 14.8 Å². The Bertz CT molecular complexity index is 1050. The maximum absolute atomic E-state index is 14.6. The van der Waals surface area contributed by atoms with E-state index in [0.717, 1.165) is 25.9 Å². The number of piperidine rings is 1. The van der Waals surface area contributed by atoms with Gasteiger partial charge in [0.25, 0.3) is 0 Å². The van der Waals surface area contributed by atoms with Crippen molar-refractivity contribution in [2.24, 2.45) is 0 Å². The van der Waals surface area contributed by atoms with Gasteiger partial charge in [-0.15, -0.1) is 0 Å². The van der Waals surface area contributed by atoms with Gasteiger partial charge >= 0.3 is 0 Å². The molecule has 0 unspecified atom stereocenters. The molecule has 1 aliphatic rings. The smallest absolute Gasteiger partial charge is 0.228 e. The topological polar surface area (TPSA) is 77.3 Å². The Morgan fingerprint density at radius 2 is 1.85 bits per heavy atom. The molecule has 1 aromatic carbocycles. The number of nitrogens with one attached hydrogen (secondary N) is 1. The van der Waals surface area contributed by atoms with E-state index in [1.54, 1.807) is 6.92 Å². The van der Waals surface area contributed by atoms with Crippen molar-refractivity contribution in [2.75, 3.05) is 32.6 Å². The summed E-state index contributed by atoms with van der Waals surface area (Å²) in [4.78, 5) is 15.1. The van der Waals surface area contributed by atoms with Crippen LogP contribution >= 0.6 is 0 Å². The molecule has 8 nitrogen and oxygen atoms in total. The fourth-order valence-electron chi connectivity index (χ4n) is 3.88. The summed E-state index contributed by atoms with van der Waals surface area (Å²) in [7, 11) is 3.48. The number of imidazole rings is 1. The molecular weight excluding hydrogens is 430 g/mol. The third kappa shape index (κ3) is 5.22. The molecule has 0 amide bonds. The van der Waals surface area contributed by atoms with Gasteiger partial charge in [0, 0.05) is 12.2 Å². The Balaban J connectivity index is 1.38. The Morgan fingerprint density at radius 3 is 2.52 bits per heavy atom. The third-order valence-electron chi connectivity index (χ3n) is 5.90. The van der Waals surface area contributed by atoms with Crippen molar-refractivity contribution < 1.29 is 18.3 Å². The summed E-state index contributed by atoms with van der Waals surface area (Å²) in [5, 5.41) is 3.06.